The molecular weight excluding hydrogens is 418 g/mol. The second-order valence-electron chi connectivity index (χ2n) is 7.52. The molecule has 1 fully saturated rings. The summed E-state index contributed by atoms with van der Waals surface area (Å²) in [7, 11) is 0. The maximum absolute atomic E-state index is 14.2. The number of anilines is 1. The van der Waals surface area contributed by atoms with Crippen LogP contribution in [0.3, 0.4) is 0 Å². The highest BCUT2D eigenvalue weighted by molar-refractivity contribution is 5.89. The summed E-state index contributed by atoms with van der Waals surface area (Å²) in [4.78, 5) is 16.5. The number of urea groups is 1. The highest BCUT2D eigenvalue weighted by Crippen LogP contribution is 2.55. The first kappa shape index (κ1) is 19.8. The number of rotatable bonds is 4. The number of amides is 2. The molecule has 9 heteroatoms. The Morgan fingerprint density at radius 3 is 2.78 bits per heavy atom. The molecule has 0 saturated heterocycles. The number of nitriles is 1. The monoisotopic (exact) mass is 434 g/mol. The summed E-state index contributed by atoms with van der Waals surface area (Å²) in [5.74, 6) is -0.450. The van der Waals surface area contributed by atoms with Gasteiger partial charge in [0.1, 0.15) is 23.1 Å². The number of nitrogens with one attached hydrogen (secondary N) is 2. The van der Waals surface area contributed by atoms with Gasteiger partial charge >= 0.3 is 6.03 Å². The fourth-order valence-electron chi connectivity index (χ4n) is 3.94. The van der Waals surface area contributed by atoms with Gasteiger partial charge in [-0.1, -0.05) is 6.07 Å². The van der Waals surface area contributed by atoms with Crippen LogP contribution in [0.4, 0.5) is 19.4 Å². The average molecular weight is 434 g/mol. The molecule has 32 heavy (non-hydrogen) atoms. The Hall–Kier alpha value is -4.19. The minimum Gasteiger partial charge on any atom is -0.490 e. The van der Waals surface area contributed by atoms with E-state index in [4.69, 9.17) is 14.7 Å². The molecule has 1 aromatic heterocycles. The van der Waals surface area contributed by atoms with E-state index in [0.29, 0.717) is 17.1 Å². The zero-order valence-electron chi connectivity index (χ0n) is 16.5. The lowest BCUT2D eigenvalue weighted by Crippen LogP contribution is -2.32. The van der Waals surface area contributed by atoms with Crippen LogP contribution in [-0.4, -0.2) is 23.7 Å². The van der Waals surface area contributed by atoms with Crippen molar-refractivity contribution >= 4 is 11.8 Å². The van der Waals surface area contributed by atoms with Gasteiger partial charge in [0.2, 0.25) is 0 Å². The van der Waals surface area contributed by atoms with E-state index < -0.39 is 17.7 Å². The van der Waals surface area contributed by atoms with Crippen LogP contribution in [0, 0.1) is 28.9 Å². The molecule has 7 nitrogen and oxygen atoms in total. The van der Waals surface area contributed by atoms with Gasteiger partial charge in [-0.3, -0.25) is 5.32 Å². The van der Waals surface area contributed by atoms with E-state index in [2.05, 4.69) is 15.6 Å². The van der Waals surface area contributed by atoms with Crippen molar-refractivity contribution in [2.75, 3.05) is 11.9 Å². The number of benzene rings is 2. The number of carbonyl (C=O) groups excluding carboxylic acids is 1. The van der Waals surface area contributed by atoms with Crippen molar-refractivity contribution in [1.29, 1.82) is 5.26 Å². The van der Waals surface area contributed by atoms with Crippen LogP contribution in [0.1, 0.15) is 17.0 Å². The van der Waals surface area contributed by atoms with E-state index in [0.717, 1.165) is 12.1 Å². The number of pyridine rings is 1. The van der Waals surface area contributed by atoms with Gasteiger partial charge in [0.25, 0.3) is 0 Å². The van der Waals surface area contributed by atoms with Crippen LogP contribution >= 0.6 is 0 Å². The number of hydrogen-bond donors (Lipinski definition) is 2. The lowest BCUT2D eigenvalue weighted by Gasteiger charge is -2.16. The molecule has 1 saturated carbocycles. The third-order valence-electron chi connectivity index (χ3n) is 5.49. The lowest BCUT2D eigenvalue weighted by molar-refractivity contribution is 0.247. The Balaban J connectivity index is 1.20. The predicted octanol–water partition coefficient (Wildman–Crippen LogP) is 4.32. The third-order valence-corrected chi connectivity index (χ3v) is 5.49. The first-order valence-electron chi connectivity index (χ1n) is 9.86. The van der Waals surface area contributed by atoms with E-state index in [1.54, 1.807) is 36.4 Å². The minimum atomic E-state index is -0.610. The van der Waals surface area contributed by atoms with Gasteiger partial charge in [0, 0.05) is 23.4 Å². The molecule has 3 atom stereocenters. The Morgan fingerprint density at radius 1 is 1.16 bits per heavy atom. The molecule has 1 unspecified atom stereocenters. The molecule has 5 rings (SSSR count). The third kappa shape index (κ3) is 3.67. The topological polar surface area (TPSA) is 96.3 Å². The van der Waals surface area contributed by atoms with Gasteiger partial charge in [0.05, 0.1) is 24.4 Å². The van der Waals surface area contributed by atoms with Gasteiger partial charge in [-0.25, -0.2) is 18.6 Å². The molecule has 160 valence electrons. The summed E-state index contributed by atoms with van der Waals surface area (Å²) in [6, 6.07) is 13.2. The fraction of sp³-hybridized carbons (Fsp3) is 0.174. The number of halogens is 2. The molecule has 2 aromatic carbocycles. The van der Waals surface area contributed by atoms with Crippen LogP contribution < -0.4 is 20.1 Å². The Bertz CT molecular complexity index is 1240. The van der Waals surface area contributed by atoms with Crippen molar-refractivity contribution in [3.63, 3.8) is 0 Å². The number of ether oxygens (including phenoxy) is 2. The first-order valence-corrected chi connectivity index (χ1v) is 9.86. The van der Waals surface area contributed by atoms with Crippen LogP contribution in [0.25, 0.3) is 0 Å². The Morgan fingerprint density at radius 2 is 2.00 bits per heavy atom. The van der Waals surface area contributed by atoms with Gasteiger partial charge in [-0.15, -0.1) is 0 Å². The summed E-state index contributed by atoms with van der Waals surface area (Å²) in [6.45, 7) is 0.209. The van der Waals surface area contributed by atoms with Gasteiger partial charge in [-0.2, -0.15) is 5.26 Å². The minimum absolute atomic E-state index is 0.0754. The Labute approximate surface area is 181 Å². The molecule has 1 aliphatic carbocycles. The number of carbonyl (C=O) groups is 1. The quantitative estimate of drug-likeness (QED) is 0.638. The van der Waals surface area contributed by atoms with Crippen LogP contribution in [-0.2, 0) is 0 Å². The summed E-state index contributed by atoms with van der Waals surface area (Å²) in [5, 5.41) is 14.3. The van der Waals surface area contributed by atoms with Gasteiger partial charge < -0.3 is 14.8 Å². The zero-order valence-corrected chi connectivity index (χ0v) is 16.5. The molecule has 2 heterocycles. The second-order valence-corrected chi connectivity index (χ2v) is 7.52. The van der Waals surface area contributed by atoms with Crippen molar-refractivity contribution in [1.82, 2.24) is 10.3 Å². The van der Waals surface area contributed by atoms with E-state index >= 15 is 0 Å². The van der Waals surface area contributed by atoms with Gasteiger partial charge in [0.15, 0.2) is 11.6 Å². The SMILES string of the molecule is N#Cc1cccc(Oc2ccc(NC(=O)NC3[C@H]4COc5c(F)ccc(F)c5[C@@H]34)nc2)c1. The maximum Gasteiger partial charge on any atom is 0.320 e. The van der Waals surface area contributed by atoms with E-state index in [1.165, 1.54) is 6.20 Å². The zero-order chi connectivity index (χ0) is 22.2. The smallest absolute Gasteiger partial charge is 0.320 e. The summed E-state index contributed by atoms with van der Waals surface area (Å²) >= 11 is 0. The highest BCUT2D eigenvalue weighted by atomic mass is 19.1. The molecule has 0 spiro atoms. The normalized spacial score (nSPS) is 20.1. The van der Waals surface area contributed by atoms with E-state index in [9.17, 15) is 13.6 Å². The van der Waals surface area contributed by atoms with Crippen molar-refractivity contribution in [2.45, 2.75) is 12.0 Å². The average Bonchev–Trinajstić information content (AvgIpc) is 3.50. The predicted molar refractivity (Wildman–Crippen MR) is 109 cm³/mol. The standard InChI is InChI=1S/C23H16F2N4O3/c24-16-5-6-17(25)22-20(16)19-15(11-31-22)21(19)29-23(30)28-18-7-4-14(10-27-18)32-13-3-1-2-12(8-13)9-26/h1-8,10,15,19,21H,11H2,(H2,27,28,29,30)/t15-,19-,21?/m0/s1. The Kier molecular flexibility index (Phi) is 4.82. The van der Waals surface area contributed by atoms with Crippen molar-refractivity contribution < 1.29 is 23.0 Å². The second kappa shape index (κ2) is 7.81. The van der Waals surface area contributed by atoms with Crippen molar-refractivity contribution in [3.05, 3.63) is 77.5 Å². The van der Waals surface area contributed by atoms with Crippen LogP contribution in [0.2, 0.25) is 0 Å². The highest BCUT2D eigenvalue weighted by Gasteiger charge is 2.57. The molecule has 0 bridgehead atoms. The summed E-state index contributed by atoms with van der Waals surface area (Å²) < 4.78 is 39.1. The molecule has 2 N–H and O–H groups in total. The van der Waals surface area contributed by atoms with Crippen LogP contribution in [0.5, 0.6) is 17.2 Å². The van der Waals surface area contributed by atoms with E-state index in [-0.39, 0.29) is 41.6 Å². The number of fused-ring (bicyclic) bond motifs is 3. The number of hydrogen-bond acceptors (Lipinski definition) is 5. The molecule has 2 amide bonds. The summed E-state index contributed by atoms with van der Waals surface area (Å²) in [6.07, 6.45) is 1.44. The number of aromatic nitrogens is 1. The maximum atomic E-state index is 14.2. The molecule has 1 aliphatic heterocycles. The molecule has 0 radical (unpaired) electrons. The largest absolute Gasteiger partial charge is 0.490 e. The van der Waals surface area contributed by atoms with E-state index in [1.807, 2.05) is 6.07 Å². The summed E-state index contributed by atoms with van der Waals surface area (Å²) in [5.41, 5.74) is 0.647. The van der Waals surface area contributed by atoms with Crippen LogP contribution in [0.15, 0.2) is 54.7 Å². The number of nitrogens with zero attached hydrogens (tertiary/aromatic N) is 2. The van der Waals surface area contributed by atoms with Crippen molar-refractivity contribution in [3.8, 4) is 23.3 Å². The lowest BCUT2D eigenvalue weighted by atomic mass is 10.0. The first-order chi connectivity index (χ1) is 15.5. The fourth-order valence-corrected chi connectivity index (χ4v) is 3.94. The van der Waals surface area contributed by atoms with Gasteiger partial charge in [-0.05, 0) is 42.5 Å². The molecular formula is C23H16F2N4O3. The molecule has 3 aromatic rings. The van der Waals surface area contributed by atoms with Crippen molar-refractivity contribution in [2.24, 2.45) is 5.92 Å². The molecule has 2 aliphatic rings.